The fourth-order valence-electron chi connectivity index (χ4n) is 2.60. The van der Waals surface area contributed by atoms with E-state index in [1.54, 1.807) is 0 Å². The molecule has 0 radical (unpaired) electrons. The van der Waals surface area contributed by atoms with Gasteiger partial charge in [-0.2, -0.15) is 0 Å². The SMILES string of the molecule is CCCCCC(OC)C(C)CCC(C)CCC. The van der Waals surface area contributed by atoms with Crippen molar-refractivity contribution in [3.05, 3.63) is 0 Å². The fourth-order valence-corrected chi connectivity index (χ4v) is 2.60. The largest absolute Gasteiger partial charge is 0.381 e. The molecule has 0 saturated heterocycles. The van der Waals surface area contributed by atoms with Crippen molar-refractivity contribution in [1.82, 2.24) is 0 Å². The van der Waals surface area contributed by atoms with Gasteiger partial charge in [0.2, 0.25) is 0 Å². The Morgan fingerprint density at radius 3 is 2.06 bits per heavy atom. The highest BCUT2D eigenvalue weighted by molar-refractivity contribution is 4.68. The van der Waals surface area contributed by atoms with Gasteiger partial charge in [-0.25, -0.2) is 0 Å². The lowest BCUT2D eigenvalue weighted by molar-refractivity contribution is 0.0444. The van der Waals surface area contributed by atoms with E-state index in [4.69, 9.17) is 4.74 Å². The molecule has 0 saturated carbocycles. The smallest absolute Gasteiger partial charge is 0.0596 e. The topological polar surface area (TPSA) is 9.23 Å². The Bertz CT molecular complexity index is 156. The van der Waals surface area contributed by atoms with Gasteiger partial charge in [0.15, 0.2) is 0 Å². The number of rotatable bonds is 11. The monoisotopic (exact) mass is 242 g/mol. The summed E-state index contributed by atoms with van der Waals surface area (Å²) in [6, 6.07) is 0. The van der Waals surface area contributed by atoms with E-state index in [9.17, 15) is 0 Å². The molecule has 0 aliphatic rings. The van der Waals surface area contributed by atoms with Gasteiger partial charge in [-0.15, -0.1) is 0 Å². The zero-order valence-electron chi connectivity index (χ0n) is 12.8. The minimum Gasteiger partial charge on any atom is -0.381 e. The van der Waals surface area contributed by atoms with Gasteiger partial charge >= 0.3 is 0 Å². The van der Waals surface area contributed by atoms with Crippen LogP contribution >= 0.6 is 0 Å². The summed E-state index contributed by atoms with van der Waals surface area (Å²) < 4.78 is 5.65. The minimum atomic E-state index is 0.482. The number of hydrogen-bond acceptors (Lipinski definition) is 1. The van der Waals surface area contributed by atoms with Gasteiger partial charge in [0, 0.05) is 7.11 Å². The van der Waals surface area contributed by atoms with E-state index in [2.05, 4.69) is 27.7 Å². The van der Waals surface area contributed by atoms with Gasteiger partial charge in [-0.05, 0) is 24.7 Å². The summed E-state index contributed by atoms with van der Waals surface area (Å²) in [5.41, 5.74) is 0. The van der Waals surface area contributed by atoms with Gasteiger partial charge in [-0.3, -0.25) is 0 Å². The molecule has 0 amide bonds. The van der Waals surface area contributed by atoms with Crippen molar-refractivity contribution in [2.75, 3.05) is 7.11 Å². The minimum absolute atomic E-state index is 0.482. The maximum Gasteiger partial charge on any atom is 0.0596 e. The summed E-state index contributed by atoms with van der Waals surface area (Å²) >= 11 is 0. The van der Waals surface area contributed by atoms with Crippen LogP contribution in [-0.2, 0) is 4.74 Å². The zero-order valence-corrected chi connectivity index (χ0v) is 12.8. The number of methoxy groups -OCH3 is 1. The number of hydrogen-bond donors (Lipinski definition) is 0. The predicted octanol–water partition coefficient (Wildman–Crippen LogP) is 5.43. The molecular weight excluding hydrogens is 208 g/mol. The molecule has 0 aliphatic carbocycles. The molecule has 1 heteroatoms. The van der Waals surface area contributed by atoms with E-state index in [-0.39, 0.29) is 0 Å². The van der Waals surface area contributed by atoms with E-state index in [0.29, 0.717) is 6.10 Å². The lowest BCUT2D eigenvalue weighted by Gasteiger charge is -2.24. The molecule has 17 heavy (non-hydrogen) atoms. The van der Waals surface area contributed by atoms with Crippen molar-refractivity contribution in [2.45, 2.75) is 85.2 Å². The fraction of sp³-hybridized carbons (Fsp3) is 1.00. The van der Waals surface area contributed by atoms with Crippen molar-refractivity contribution < 1.29 is 4.74 Å². The van der Waals surface area contributed by atoms with Gasteiger partial charge in [-0.1, -0.05) is 66.2 Å². The highest BCUT2D eigenvalue weighted by Gasteiger charge is 2.16. The third-order valence-electron chi connectivity index (χ3n) is 3.93. The lowest BCUT2D eigenvalue weighted by Crippen LogP contribution is -2.21. The Balaban J connectivity index is 3.78. The molecule has 0 N–H and O–H groups in total. The Labute approximate surface area is 109 Å². The molecule has 0 aromatic rings. The molecule has 0 bridgehead atoms. The average Bonchev–Trinajstić information content (AvgIpc) is 2.32. The third-order valence-corrected chi connectivity index (χ3v) is 3.93. The number of unbranched alkanes of at least 4 members (excludes halogenated alkanes) is 2. The molecule has 104 valence electrons. The van der Waals surface area contributed by atoms with E-state index >= 15 is 0 Å². The van der Waals surface area contributed by atoms with Crippen LogP contribution in [0.3, 0.4) is 0 Å². The molecule has 0 spiro atoms. The van der Waals surface area contributed by atoms with Gasteiger partial charge in [0.25, 0.3) is 0 Å². The van der Waals surface area contributed by atoms with E-state index in [0.717, 1.165) is 11.8 Å². The van der Waals surface area contributed by atoms with E-state index in [1.807, 2.05) is 7.11 Å². The summed E-state index contributed by atoms with van der Waals surface area (Å²) in [6.07, 6.45) is 11.1. The first-order chi connectivity index (χ1) is 8.15. The normalized spacial score (nSPS) is 16.8. The first kappa shape index (κ1) is 17.0. The third kappa shape index (κ3) is 8.65. The second-order valence-electron chi connectivity index (χ2n) is 5.72. The lowest BCUT2D eigenvalue weighted by atomic mass is 9.90. The van der Waals surface area contributed by atoms with Crippen LogP contribution in [-0.4, -0.2) is 13.2 Å². The van der Waals surface area contributed by atoms with Crippen LogP contribution in [0.15, 0.2) is 0 Å². The molecule has 0 heterocycles. The van der Waals surface area contributed by atoms with Gasteiger partial charge < -0.3 is 4.74 Å². The Hall–Kier alpha value is -0.0400. The summed E-state index contributed by atoms with van der Waals surface area (Å²) in [5.74, 6) is 1.60. The summed E-state index contributed by atoms with van der Waals surface area (Å²) in [5, 5.41) is 0. The number of ether oxygens (including phenoxy) is 1. The molecule has 0 aromatic heterocycles. The molecule has 0 fully saturated rings. The van der Waals surface area contributed by atoms with Crippen LogP contribution in [0.25, 0.3) is 0 Å². The molecular formula is C16H34O. The molecule has 0 aliphatic heterocycles. The van der Waals surface area contributed by atoms with Gasteiger partial charge in [0.05, 0.1) is 6.10 Å². The summed E-state index contributed by atoms with van der Waals surface area (Å²) in [7, 11) is 1.88. The maximum atomic E-state index is 5.65. The van der Waals surface area contributed by atoms with Crippen LogP contribution in [0.4, 0.5) is 0 Å². The van der Waals surface area contributed by atoms with Crippen LogP contribution in [0.5, 0.6) is 0 Å². The molecule has 0 rings (SSSR count). The van der Waals surface area contributed by atoms with Crippen molar-refractivity contribution in [1.29, 1.82) is 0 Å². The van der Waals surface area contributed by atoms with Crippen molar-refractivity contribution in [2.24, 2.45) is 11.8 Å². The molecule has 3 atom stereocenters. The maximum absolute atomic E-state index is 5.65. The second-order valence-corrected chi connectivity index (χ2v) is 5.72. The van der Waals surface area contributed by atoms with Crippen LogP contribution in [0, 0.1) is 11.8 Å². The van der Waals surface area contributed by atoms with E-state index in [1.165, 1.54) is 51.4 Å². The molecule has 0 aromatic carbocycles. The Kier molecular flexibility index (Phi) is 11.0. The van der Waals surface area contributed by atoms with Crippen molar-refractivity contribution in [3.63, 3.8) is 0 Å². The van der Waals surface area contributed by atoms with Crippen LogP contribution < -0.4 is 0 Å². The summed E-state index contributed by atoms with van der Waals surface area (Å²) in [4.78, 5) is 0. The zero-order chi connectivity index (χ0) is 13.1. The van der Waals surface area contributed by atoms with Crippen LogP contribution in [0.1, 0.15) is 79.1 Å². The predicted molar refractivity (Wildman–Crippen MR) is 77.4 cm³/mol. The van der Waals surface area contributed by atoms with Crippen molar-refractivity contribution >= 4 is 0 Å². The summed E-state index contributed by atoms with van der Waals surface area (Å²) in [6.45, 7) is 9.29. The Morgan fingerprint density at radius 1 is 0.824 bits per heavy atom. The average molecular weight is 242 g/mol. The van der Waals surface area contributed by atoms with E-state index < -0.39 is 0 Å². The van der Waals surface area contributed by atoms with Gasteiger partial charge in [0.1, 0.15) is 0 Å². The highest BCUT2D eigenvalue weighted by atomic mass is 16.5. The first-order valence-electron chi connectivity index (χ1n) is 7.68. The standard InChI is InChI=1S/C16H34O/c1-6-8-9-11-16(17-5)15(4)13-12-14(3)10-7-2/h14-16H,6-13H2,1-5H3. The first-order valence-corrected chi connectivity index (χ1v) is 7.68. The van der Waals surface area contributed by atoms with Crippen LogP contribution in [0.2, 0.25) is 0 Å². The van der Waals surface area contributed by atoms with Crippen molar-refractivity contribution in [3.8, 4) is 0 Å². The molecule has 3 unspecified atom stereocenters. The second kappa shape index (κ2) is 11.1. The Morgan fingerprint density at radius 2 is 1.53 bits per heavy atom. The molecule has 1 nitrogen and oxygen atoms in total. The highest BCUT2D eigenvalue weighted by Crippen LogP contribution is 2.23. The quantitative estimate of drug-likeness (QED) is 0.439.